The Labute approximate surface area is 215 Å². The Morgan fingerprint density at radius 1 is 1.03 bits per heavy atom. The van der Waals surface area contributed by atoms with Gasteiger partial charge in [-0.25, -0.2) is 9.37 Å². The minimum absolute atomic E-state index is 0.328. The molecule has 182 valence electrons. The summed E-state index contributed by atoms with van der Waals surface area (Å²) in [6, 6.07) is 5.23. The molecule has 1 N–H and O–H groups in total. The molecule has 6 heteroatoms. The van der Waals surface area contributed by atoms with Crippen LogP contribution in [0.5, 0.6) is 0 Å². The maximum Gasteiger partial charge on any atom is 0.144 e. The van der Waals surface area contributed by atoms with Crippen molar-refractivity contribution in [2.45, 2.75) is 26.2 Å². The number of nitrogens with zero attached hydrogens (tertiary/aromatic N) is 4. The number of H-pyrrole nitrogens is 1. The highest BCUT2D eigenvalue weighted by Crippen LogP contribution is 2.31. The number of pyridine rings is 2. The molecule has 0 saturated carbocycles. The van der Waals surface area contributed by atoms with E-state index in [1.165, 1.54) is 22.8 Å². The predicted octanol–water partition coefficient (Wildman–Crippen LogP) is 6.83. The molecular formula is C31H26FN5. The van der Waals surface area contributed by atoms with E-state index >= 15 is 0 Å². The fourth-order valence-electron chi connectivity index (χ4n) is 4.84. The van der Waals surface area contributed by atoms with Gasteiger partial charge in [-0.05, 0) is 78.8 Å². The van der Waals surface area contributed by atoms with Gasteiger partial charge in [0.2, 0.25) is 0 Å². The Morgan fingerprint density at radius 2 is 1.95 bits per heavy atom. The summed E-state index contributed by atoms with van der Waals surface area (Å²) in [4.78, 5) is 14.1. The second-order valence-electron chi connectivity index (χ2n) is 9.50. The van der Waals surface area contributed by atoms with Gasteiger partial charge < -0.3 is 0 Å². The Bertz CT molecular complexity index is 1610. The number of aromatic amines is 1. The second kappa shape index (κ2) is 9.54. The number of fused-ring (bicyclic) bond motifs is 2. The summed E-state index contributed by atoms with van der Waals surface area (Å²) >= 11 is 0. The molecule has 0 spiro atoms. The number of rotatable bonds is 3. The van der Waals surface area contributed by atoms with Gasteiger partial charge in [-0.15, -0.1) is 0 Å². The molecule has 0 radical (unpaired) electrons. The first-order valence-corrected chi connectivity index (χ1v) is 12.4. The van der Waals surface area contributed by atoms with Crippen LogP contribution in [0.1, 0.15) is 47.3 Å². The van der Waals surface area contributed by atoms with E-state index in [0.717, 1.165) is 65.2 Å². The van der Waals surface area contributed by atoms with Crippen LogP contribution in [-0.4, -0.2) is 32.4 Å². The fourth-order valence-corrected chi connectivity index (χ4v) is 4.84. The molecule has 2 aliphatic carbocycles. The molecule has 4 heterocycles. The van der Waals surface area contributed by atoms with Gasteiger partial charge in [-0.3, -0.25) is 15.1 Å². The SMILES string of the molecule is C=C1CCCC2=CC1=CC(c1cnc3c(c1)/C=C/C=C(\c1cn[nH]c1-c1ccc(F)c(C)n1)C=C3)=NC2. The van der Waals surface area contributed by atoms with Crippen molar-refractivity contribution in [2.75, 3.05) is 6.54 Å². The lowest BCUT2D eigenvalue weighted by atomic mass is 9.98. The molecular weight excluding hydrogens is 461 g/mol. The molecule has 3 aromatic rings. The molecule has 0 unspecified atom stereocenters. The first-order valence-electron chi connectivity index (χ1n) is 12.4. The highest BCUT2D eigenvalue weighted by molar-refractivity contribution is 6.10. The number of nitrogens with one attached hydrogen (secondary N) is 1. The van der Waals surface area contributed by atoms with Crippen LogP contribution in [0.15, 0.2) is 89.3 Å². The summed E-state index contributed by atoms with van der Waals surface area (Å²) in [7, 11) is 0. The Balaban J connectivity index is 1.31. The van der Waals surface area contributed by atoms with Crippen LogP contribution in [0.2, 0.25) is 0 Å². The summed E-state index contributed by atoms with van der Waals surface area (Å²) in [5.74, 6) is -0.328. The van der Waals surface area contributed by atoms with Crippen molar-refractivity contribution in [3.63, 3.8) is 0 Å². The van der Waals surface area contributed by atoms with E-state index in [0.29, 0.717) is 11.4 Å². The number of aryl methyl sites for hydroxylation is 1. The van der Waals surface area contributed by atoms with E-state index in [1.54, 1.807) is 19.2 Å². The second-order valence-corrected chi connectivity index (χ2v) is 9.50. The summed E-state index contributed by atoms with van der Waals surface area (Å²) in [5.41, 5.74) is 11.1. The van der Waals surface area contributed by atoms with Gasteiger partial charge >= 0.3 is 0 Å². The molecule has 0 amide bonds. The topological polar surface area (TPSA) is 66.8 Å². The quantitative estimate of drug-likeness (QED) is 0.440. The third-order valence-electron chi connectivity index (χ3n) is 6.93. The highest BCUT2D eigenvalue weighted by Gasteiger charge is 2.17. The van der Waals surface area contributed by atoms with Crippen LogP contribution in [-0.2, 0) is 0 Å². The van der Waals surface area contributed by atoms with Crippen molar-refractivity contribution in [1.82, 2.24) is 20.2 Å². The highest BCUT2D eigenvalue weighted by atomic mass is 19.1. The van der Waals surface area contributed by atoms with Gasteiger partial charge in [-0.1, -0.05) is 37.0 Å². The summed E-state index contributed by atoms with van der Waals surface area (Å²) < 4.78 is 13.7. The lowest BCUT2D eigenvalue weighted by molar-refractivity contribution is 0.610. The monoisotopic (exact) mass is 487 g/mol. The van der Waals surface area contributed by atoms with Crippen molar-refractivity contribution in [3.05, 3.63) is 118 Å². The smallest absolute Gasteiger partial charge is 0.144 e. The van der Waals surface area contributed by atoms with Crippen LogP contribution in [0.3, 0.4) is 0 Å². The molecule has 6 rings (SSSR count). The predicted molar refractivity (Wildman–Crippen MR) is 147 cm³/mol. The molecule has 0 aromatic carbocycles. The number of halogens is 1. The average Bonchev–Trinajstić information content (AvgIpc) is 3.18. The molecule has 5 nitrogen and oxygen atoms in total. The van der Waals surface area contributed by atoms with E-state index in [2.05, 4.69) is 46.1 Å². The molecule has 0 fully saturated rings. The van der Waals surface area contributed by atoms with Crippen molar-refractivity contribution >= 4 is 23.4 Å². The Morgan fingerprint density at radius 3 is 2.84 bits per heavy atom. The molecule has 1 aliphatic heterocycles. The van der Waals surface area contributed by atoms with Crippen molar-refractivity contribution in [1.29, 1.82) is 0 Å². The van der Waals surface area contributed by atoms with E-state index in [-0.39, 0.29) is 5.82 Å². The number of hydrogen-bond donors (Lipinski definition) is 1. The third kappa shape index (κ3) is 4.58. The third-order valence-corrected chi connectivity index (χ3v) is 6.93. The maximum absolute atomic E-state index is 13.7. The molecule has 37 heavy (non-hydrogen) atoms. The largest absolute Gasteiger partial charge is 0.280 e. The van der Waals surface area contributed by atoms with Crippen molar-refractivity contribution in [3.8, 4) is 11.4 Å². The number of allylic oxidation sites excluding steroid dienone is 8. The molecule has 3 aliphatic rings. The zero-order valence-corrected chi connectivity index (χ0v) is 20.6. The van der Waals surface area contributed by atoms with Crippen molar-refractivity contribution < 1.29 is 4.39 Å². The van der Waals surface area contributed by atoms with Gasteiger partial charge in [0.05, 0.1) is 41.2 Å². The molecule has 3 aromatic heterocycles. The van der Waals surface area contributed by atoms with Gasteiger partial charge in [0.1, 0.15) is 5.82 Å². The molecule has 0 saturated heterocycles. The number of aliphatic imine (C=N–C) groups is 1. The normalized spacial score (nSPS) is 19.2. The van der Waals surface area contributed by atoms with E-state index in [9.17, 15) is 4.39 Å². The molecule has 2 bridgehead atoms. The number of hydrogen-bond acceptors (Lipinski definition) is 4. The van der Waals surface area contributed by atoms with E-state index < -0.39 is 0 Å². The van der Waals surface area contributed by atoms with Gasteiger partial charge in [0.25, 0.3) is 0 Å². The van der Waals surface area contributed by atoms with Crippen LogP contribution in [0, 0.1) is 12.7 Å². The van der Waals surface area contributed by atoms with E-state index in [1.807, 2.05) is 30.5 Å². The van der Waals surface area contributed by atoms with Crippen LogP contribution in [0.25, 0.3) is 29.1 Å². The zero-order chi connectivity index (χ0) is 25.4. The van der Waals surface area contributed by atoms with Crippen LogP contribution in [0.4, 0.5) is 4.39 Å². The maximum atomic E-state index is 13.7. The van der Waals surface area contributed by atoms with E-state index in [4.69, 9.17) is 9.98 Å². The average molecular weight is 488 g/mol. The first-order chi connectivity index (χ1) is 18.0. The summed E-state index contributed by atoms with van der Waals surface area (Å²) in [5, 5.41) is 7.24. The van der Waals surface area contributed by atoms with Gasteiger partial charge in [0, 0.05) is 22.9 Å². The summed E-state index contributed by atoms with van der Waals surface area (Å²) in [6.45, 7) is 6.66. The Hall–Kier alpha value is -4.45. The van der Waals surface area contributed by atoms with Gasteiger partial charge in [-0.2, -0.15) is 5.10 Å². The van der Waals surface area contributed by atoms with Crippen molar-refractivity contribution in [2.24, 2.45) is 4.99 Å². The first kappa shape index (κ1) is 23.0. The Kier molecular flexibility index (Phi) is 5.93. The van der Waals surface area contributed by atoms with Gasteiger partial charge in [0.15, 0.2) is 0 Å². The lowest BCUT2D eigenvalue weighted by Gasteiger charge is -2.10. The minimum Gasteiger partial charge on any atom is -0.280 e. The van der Waals surface area contributed by atoms with Crippen LogP contribution < -0.4 is 0 Å². The fraction of sp³-hybridized carbons (Fsp3) is 0.161. The molecule has 0 atom stereocenters. The zero-order valence-electron chi connectivity index (χ0n) is 20.6. The number of aromatic nitrogens is 4. The van der Waals surface area contributed by atoms with Crippen LogP contribution >= 0.6 is 0 Å². The lowest BCUT2D eigenvalue weighted by Crippen LogP contribution is -2.03. The minimum atomic E-state index is -0.328. The summed E-state index contributed by atoms with van der Waals surface area (Å²) in [6.07, 6.45) is 21.4. The standard InChI is InChI=1S/C31H26FN5/c1-19-5-3-6-21-13-24(19)15-30(33-16-21)25-14-23-8-4-7-22(9-11-28(23)34-17-25)26-18-35-37-31(26)29-12-10-27(32)20(2)36-29/h4,7-15,17-18H,1,3,5-6,16H2,2H3,(H,35,37)/b7-4?,8-4+,11-9?,22-7-,22-9?,23-8?,28-11?.